The molecular formula is C17H13Cl2N3O5S. The van der Waals surface area contributed by atoms with Crippen LogP contribution in [0.2, 0.25) is 10.0 Å². The Bertz CT molecular complexity index is 1100. The fourth-order valence-electron chi connectivity index (χ4n) is 2.57. The predicted molar refractivity (Wildman–Crippen MR) is 103 cm³/mol. The molecule has 2 aromatic rings. The van der Waals surface area contributed by atoms with Gasteiger partial charge in [-0.25, -0.2) is 8.42 Å². The van der Waals surface area contributed by atoms with Crippen LogP contribution in [0.15, 0.2) is 41.3 Å². The average Bonchev–Trinajstić information content (AvgIpc) is 2.92. The molecule has 0 aromatic heterocycles. The highest BCUT2D eigenvalue weighted by molar-refractivity contribution is 7.89. The van der Waals surface area contributed by atoms with E-state index in [1.807, 2.05) is 0 Å². The van der Waals surface area contributed by atoms with Gasteiger partial charge in [-0.05, 0) is 30.3 Å². The molecule has 2 aromatic carbocycles. The monoisotopic (exact) mass is 441 g/mol. The van der Waals surface area contributed by atoms with Crippen LogP contribution in [0.4, 0.5) is 5.69 Å². The van der Waals surface area contributed by atoms with E-state index in [4.69, 9.17) is 23.2 Å². The molecule has 0 fully saturated rings. The van der Waals surface area contributed by atoms with Gasteiger partial charge in [-0.3, -0.25) is 19.7 Å². The second-order valence-corrected chi connectivity index (χ2v) is 8.76. The molecule has 146 valence electrons. The maximum atomic E-state index is 12.7. The van der Waals surface area contributed by atoms with Crippen LogP contribution in [0.1, 0.15) is 20.7 Å². The van der Waals surface area contributed by atoms with Crippen molar-refractivity contribution in [2.24, 2.45) is 0 Å². The summed E-state index contributed by atoms with van der Waals surface area (Å²) in [6.07, 6.45) is 0. The zero-order valence-corrected chi connectivity index (χ0v) is 16.7. The van der Waals surface area contributed by atoms with Crippen molar-refractivity contribution >= 4 is 56.6 Å². The number of hydrogen-bond acceptors (Lipinski definition) is 5. The number of imide groups is 1. The van der Waals surface area contributed by atoms with Crippen LogP contribution in [0.5, 0.6) is 0 Å². The van der Waals surface area contributed by atoms with E-state index in [1.54, 1.807) is 6.07 Å². The Morgan fingerprint density at radius 2 is 1.68 bits per heavy atom. The first-order valence-electron chi connectivity index (χ1n) is 7.81. The first-order chi connectivity index (χ1) is 13.1. The topological polar surface area (TPSA) is 113 Å². The zero-order valence-electron chi connectivity index (χ0n) is 14.3. The van der Waals surface area contributed by atoms with Crippen molar-refractivity contribution in [1.29, 1.82) is 0 Å². The third kappa shape index (κ3) is 3.74. The highest BCUT2D eigenvalue weighted by Crippen LogP contribution is 2.30. The molecule has 0 bridgehead atoms. The molecule has 8 nitrogen and oxygen atoms in total. The number of hydrogen-bond donors (Lipinski definition) is 2. The van der Waals surface area contributed by atoms with Crippen LogP contribution in [-0.2, 0) is 14.8 Å². The quantitative estimate of drug-likeness (QED) is 0.689. The van der Waals surface area contributed by atoms with Gasteiger partial charge in [-0.15, -0.1) is 0 Å². The Morgan fingerprint density at radius 3 is 2.32 bits per heavy atom. The van der Waals surface area contributed by atoms with E-state index in [1.165, 1.54) is 31.3 Å². The molecule has 0 unspecified atom stereocenters. The van der Waals surface area contributed by atoms with E-state index in [0.29, 0.717) is 0 Å². The van der Waals surface area contributed by atoms with Crippen LogP contribution in [0.3, 0.4) is 0 Å². The van der Waals surface area contributed by atoms with E-state index in [-0.39, 0.29) is 31.8 Å². The van der Waals surface area contributed by atoms with Crippen molar-refractivity contribution in [3.8, 4) is 0 Å². The van der Waals surface area contributed by atoms with Crippen LogP contribution in [0.25, 0.3) is 0 Å². The summed E-state index contributed by atoms with van der Waals surface area (Å²) in [6, 6.07) is 8.21. The van der Waals surface area contributed by atoms with Crippen molar-refractivity contribution < 1.29 is 22.8 Å². The number of sulfonamides is 1. The molecule has 1 aliphatic rings. The predicted octanol–water partition coefficient (Wildman–Crippen LogP) is 2.14. The Hall–Kier alpha value is -2.46. The van der Waals surface area contributed by atoms with Crippen LogP contribution >= 0.6 is 23.2 Å². The Morgan fingerprint density at radius 1 is 1.07 bits per heavy atom. The molecule has 0 atom stereocenters. The molecule has 1 aliphatic heterocycles. The summed E-state index contributed by atoms with van der Waals surface area (Å²) < 4.78 is 26.2. The molecule has 0 radical (unpaired) electrons. The molecule has 11 heteroatoms. The Labute approximate surface area is 170 Å². The number of para-hydroxylation sites is 1. The van der Waals surface area contributed by atoms with Gasteiger partial charge in [0.1, 0.15) is 0 Å². The molecular weight excluding hydrogens is 429 g/mol. The fraction of sp³-hybridized carbons (Fsp3) is 0.118. The molecule has 3 amide bonds. The zero-order chi connectivity index (χ0) is 20.6. The fourth-order valence-corrected chi connectivity index (χ4v) is 4.22. The minimum Gasteiger partial charge on any atom is -0.322 e. The van der Waals surface area contributed by atoms with E-state index >= 15 is 0 Å². The molecule has 28 heavy (non-hydrogen) atoms. The number of nitrogens with one attached hydrogen (secondary N) is 2. The van der Waals surface area contributed by atoms with Gasteiger partial charge in [-0.2, -0.15) is 4.31 Å². The number of anilines is 1. The SMILES string of the molecule is CN(CC(=O)Nc1c(Cl)cccc1Cl)S(=O)(=O)c1ccc2c(c1)C(=O)NC2=O. The van der Waals surface area contributed by atoms with Gasteiger partial charge in [0.15, 0.2) is 0 Å². The molecule has 3 rings (SSSR count). The summed E-state index contributed by atoms with van der Waals surface area (Å²) in [4.78, 5) is 35.3. The number of amides is 3. The van der Waals surface area contributed by atoms with E-state index in [9.17, 15) is 22.8 Å². The van der Waals surface area contributed by atoms with Gasteiger partial charge < -0.3 is 5.32 Å². The van der Waals surface area contributed by atoms with Crippen molar-refractivity contribution in [2.45, 2.75) is 4.90 Å². The second kappa shape index (κ2) is 7.51. The molecule has 0 spiro atoms. The van der Waals surface area contributed by atoms with Crippen molar-refractivity contribution in [3.05, 3.63) is 57.6 Å². The number of nitrogens with zero attached hydrogens (tertiary/aromatic N) is 1. The summed E-state index contributed by atoms with van der Waals surface area (Å²) in [6.45, 7) is -0.522. The largest absolute Gasteiger partial charge is 0.322 e. The lowest BCUT2D eigenvalue weighted by atomic mass is 10.1. The minimum absolute atomic E-state index is 0.0354. The maximum absolute atomic E-state index is 12.7. The summed E-state index contributed by atoms with van der Waals surface area (Å²) in [5.41, 5.74) is 0.235. The van der Waals surface area contributed by atoms with Gasteiger partial charge in [0.05, 0.1) is 38.3 Å². The summed E-state index contributed by atoms with van der Waals surface area (Å²) in [5.74, 6) is -1.92. The summed E-state index contributed by atoms with van der Waals surface area (Å²) >= 11 is 12.0. The van der Waals surface area contributed by atoms with Gasteiger partial charge in [0, 0.05) is 7.05 Å². The van der Waals surface area contributed by atoms with Crippen molar-refractivity contribution in [1.82, 2.24) is 9.62 Å². The number of carbonyl (C=O) groups excluding carboxylic acids is 3. The normalized spacial score (nSPS) is 13.4. The van der Waals surface area contributed by atoms with E-state index in [2.05, 4.69) is 10.6 Å². The number of carbonyl (C=O) groups is 3. The number of likely N-dealkylation sites (N-methyl/N-ethyl adjacent to an activating group) is 1. The van der Waals surface area contributed by atoms with E-state index < -0.39 is 34.3 Å². The summed E-state index contributed by atoms with van der Waals surface area (Å²) in [7, 11) is -2.88. The van der Waals surface area contributed by atoms with Crippen molar-refractivity contribution in [2.75, 3.05) is 18.9 Å². The van der Waals surface area contributed by atoms with E-state index in [0.717, 1.165) is 10.4 Å². The Balaban J connectivity index is 1.79. The highest BCUT2D eigenvalue weighted by Gasteiger charge is 2.30. The molecule has 2 N–H and O–H groups in total. The van der Waals surface area contributed by atoms with Gasteiger partial charge in [-0.1, -0.05) is 29.3 Å². The second-order valence-electron chi connectivity index (χ2n) is 5.90. The van der Waals surface area contributed by atoms with Gasteiger partial charge in [0.25, 0.3) is 11.8 Å². The molecule has 0 aliphatic carbocycles. The number of halogens is 2. The standard InChI is InChI=1S/C17H13Cl2N3O5S/c1-22(8-14(23)20-15-12(18)3-2-4-13(15)19)28(26,27)9-5-6-10-11(7-9)17(25)21-16(10)24/h2-7H,8H2,1H3,(H,20,23)(H,21,24,25). The smallest absolute Gasteiger partial charge is 0.258 e. The van der Waals surface area contributed by atoms with Crippen LogP contribution in [-0.4, -0.2) is 44.0 Å². The van der Waals surface area contributed by atoms with Crippen molar-refractivity contribution in [3.63, 3.8) is 0 Å². The molecule has 1 heterocycles. The highest BCUT2D eigenvalue weighted by atomic mass is 35.5. The number of rotatable bonds is 5. The number of fused-ring (bicyclic) bond motifs is 1. The Kier molecular flexibility index (Phi) is 5.44. The average molecular weight is 442 g/mol. The van der Waals surface area contributed by atoms with Gasteiger partial charge >= 0.3 is 0 Å². The first-order valence-corrected chi connectivity index (χ1v) is 10.0. The lowest BCUT2D eigenvalue weighted by molar-refractivity contribution is -0.116. The van der Waals surface area contributed by atoms with Gasteiger partial charge in [0.2, 0.25) is 15.9 Å². The lowest BCUT2D eigenvalue weighted by Crippen LogP contribution is -2.35. The third-order valence-electron chi connectivity index (χ3n) is 4.01. The van der Waals surface area contributed by atoms with Crippen LogP contribution < -0.4 is 10.6 Å². The number of benzene rings is 2. The lowest BCUT2D eigenvalue weighted by Gasteiger charge is -2.18. The molecule has 0 saturated carbocycles. The van der Waals surface area contributed by atoms with Crippen LogP contribution in [0, 0.1) is 0 Å². The molecule has 0 saturated heterocycles. The minimum atomic E-state index is -4.09. The first kappa shape index (κ1) is 20.3. The maximum Gasteiger partial charge on any atom is 0.258 e. The third-order valence-corrected chi connectivity index (χ3v) is 6.44. The summed E-state index contributed by atoms with van der Waals surface area (Å²) in [5, 5.41) is 4.97.